The maximum atomic E-state index is 13.7. The van der Waals surface area contributed by atoms with Crippen LogP contribution < -0.4 is 21.7 Å². The third-order valence-corrected chi connectivity index (χ3v) is 6.79. The predicted octanol–water partition coefficient (Wildman–Crippen LogP) is -1.17. The number of rotatable bonds is 12. The van der Waals surface area contributed by atoms with E-state index in [4.69, 9.17) is 5.73 Å². The molecule has 12 nitrogen and oxygen atoms in total. The number of carbonyl (C=O) groups excluding carboxylic acids is 3. The van der Waals surface area contributed by atoms with Gasteiger partial charge in [0.15, 0.2) is 0 Å². The number of carboxylic acid groups (broad SMARTS) is 1. The Morgan fingerprint density at radius 1 is 1.08 bits per heavy atom. The van der Waals surface area contributed by atoms with Gasteiger partial charge in [0.05, 0.1) is 12.1 Å². The van der Waals surface area contributed by atoms with Crippen LogP contribution in [0.4, 0.5) is 0 Å². The van der Waals surface area contributed by atoms with Crippen molar-refractivity contribution in [2.75, 3.05) is 19.6 Å². The maximum absolute atomic E-state index is 13.7. The van der Waals surface area contributed by atoms with E-state index < -0.39 is 48.1 Å². The number of phenols is 1. The number of hydrogen-bond acceptors (Lipinski definition) is 8. The second-order valence-electron chi connectivity index (χ2n) is 9.66. The first kappa shape index (κ1) is 28.4. The van der Waals surface area contributed by atoms with Crippen LogP contribution in [0.1, 0.15) is 44.1 Å². The summed E-state index contributed by atoms with van der Waals surface area (Å²) in [7, 11) is 0. The summed E-state index contributed by atoms with van der Waals surface area (Å²) in [5.74, 6) is -2.68. The Morgan fingerprint density at radius 3 is 2.41 bits per heavy atom. The van der Waals surface area contributed by atoms with Crippen molar-refractivity contribution in [2.24, 2.45) is 5.73 Å². The third kappa shape index (κ3) is 7.88. The van der Waals surface area contributed by atoms with Gasteiger partial charge < -0.3 is 41.9 Å². The lowest BCUT2D eigenvalue weighted by Crippen LogP contribution is -2.57. The van der Waals surface area contributed by atoms with Crippen molar-refractivity contribution in [3.05, 3.63) is 29.8 Å². The number of amides is 3. The van der Waals surface area contributed by atoms with Crippen LogP contribution in [0.2, 0.25) is 0 Å². The number of hydrogen-bond donors (Lipinski definition) is 7. The summed E-state index contributed by atoms with van der Waals surface area (Å²) in [6, 6.07) is 2.54. The van der Waals surface area contributed by atoms with Crippen molar-refractivity contribution in [1.82, 2.24) is 20.9 Å². The van der Waals surface area contributed by atoms with E-state index in [9.17, 15) is 34.5 Å². The summed E-state index contributed by atoms with van der Waals surface area (Å²) in [6.45, 7) is 0.985. The zero-order chi connectivity index (χ0) is 26.9. The zero-order valence-corrected chi connectivity index (χ0v) is 20.8. The zero-order valence-electron chi connectivity index (χ0n) is 20.8. The summed E-state index contributed by atoms with van der Waals surface area (Å²) in [4.78, 5) is 52.5. The molecule has 37 heavy (non-hydrogen) atoms. The van der Waals surface area contributed by atoms with Gasteiger partial charge in [0, 0.05) is 19.4 Å². The van der Waals surface area contributed by atoms with Gasteiger partial charge >= 0.3 is 5.97 Å². The molecule has 0 aliphatic carbocycles. The molecule has 0 saturated carbocycles. The van der Waals surface area contributed by atoms with Crippen LogP contribution in [-0.4, -0.2) is 93.8 Å². The minimum absolute atomic E-state index is 0.0449. The number of phenolic OH excluding ortho intramolecular Hbond substituents is 1. The molecule has 2 fully saturated rings. The third-order valence-electron chi connectivity index (χ3n) is 6.79. The molecule has 0 radical (unpaired) electrons. The van der Waals surface area contributed by atoms with Crippen LogP contribution in [0.25, 0.3) is 0 Å². The van der Waals surface area contributed by atoms with Crippen molar-refractivity contribution in [2.45, 2.75) is 75.2 Å². The number of unbranched alkanes of at least 4 members (excludes halogenated alkanes) is 1. The molecule has 2 aliphatic rings. The summed E-state index contributed by atoms with van der Waals surface area (Å²) >= 11 is 0. The van der Waals surface area contributed by atoms with Crippen LogP contribution in [0, 0.1) is 0 Å². The standard InChI is InChI=1S/C25H37N5O7/c26-10-2-1-4-19(25(36)37)28-23(34)21-13-17(32)14-30(21)24(35)20(12-15-6-8-16(31)9-7-15)29-22(33)18-5-3-11-27-18/h6-9,17-21,27,31-32H,1-5,10-14,26H2,(H,28,34)(H,29,33)(H,36,37)/t17-,18+,19+,20+,21+/m1/s1. The Bertz CT molecular complexity index is 951. The van der Waals surface area contributed by atoms with Gasteiger partial charge in [-0.15, -0.1) is 0 Å². The van der Waals surface area contributed by atoms with Gasteiger partial charge in [0.25, 0.3) is 0 Å². The fourth-order valence-electron chi connectivity index (χ4n) is 4.77. The van der Waals surface area contributed by atoms with Crippen molar-refractivity contribution >= 4 is 23.7 Å². The minimum atomic E-state index is -1.19. The number of benzene rings is 1. The molecular weight excluding hydrogens is 482 g/mol. The van der Waals surface area contributed by atoms with Gasteiger partial charge in [-0.05, 0) is 62.9 Å². The van der Waals surface area contributed by atoms with Gasteiger partial charge in [-0.25, -0.2) is 4.79 Å². The molecule has 3 amide bonds. The Labute approximate surface area is 215 Å². The highest BCUT2D eigenvalue weighted by Crippen LogP contribution is 2.22. The highest BCUT2D eigenvalue weighted by Gasteiger charge is 2.42. The lowest BCUT2D eigenvalue weighted by atomic mass is 10.0. The predicted molar refractivity (Wildman–Crippen MR) is 133 cm³/mol. The molecule has 12 heteroatoms. The molecule has 1 aromatic carbocycles. The van der Waals surface area contributed by atoms with E-state index in [1.165, 1.54) is 17.0 Å². The highest BCUT2D eigenvalue weighted by molar-refractivity contribution is 5.94. The lowest BCUT2D eigenvalue weighted by Gasteiger charge is -2.30. The molecule has 3 rings (SSSR count). The topological polar surface area (TPSA) is 194 Å². The molecule has 204 valence electrons. The molecule has 0 unspecified atom stereocenters. The largest absolute Gasteiger partial charge is 0.508 e. The smallest absolute Gasteiger partial charge is 0.326 e. The number of aliphatic hydroxyl groups excluding tert-OH is 1. The van der Waals surface area contributed by atoms with E-state index in [0.29, 0.717) is 37.9 Å². The fraction of sp³-hybridized carbons (Fsp3) is 0.600. The van der Waals surface area contributed by atoms with Gasteiger partial charge in [0.1, 0.15) is 23.9 Å². The van der Waals surface area contributed by atoms with Crippen LogP contribution in [-0.2, 0) is 25.6 Å². The van der Waals surface area contributed by atoms with Gasteiger partial charge in [-0.3, -0.25) is 14.4 Å². The van der Waals surface area contributed by atoms with Crippen LogP contribution in [0.5, 0.6) is 5.75 Å². The van der Waals surface area contributed by atoms with Crippen LogP contribution in [0.15, 0.2) is 24.3 Å². The first-order valence-electron chi connectivity index (χ1n) is 12.7. The van der Waals surface area contributed by atoms with Crippen molar-refractivity contribution in [3.63, 3.8) is 0 Å². The number of carboxylic acids is 1. The lowest BCUT2D eigenvalue weighted by molar-refractivity contribution is -0.145. The average molecular weight is 520 g/mol. The van der Waals surface area contributed by atoms with E-state index in [0.717, 1.165) is 6.42 Å². The number of carbonyl (C=O) groups is 4. The molecule has 0 bridgehead atoms. The van der Waals surface area contributed by atoms with E-state index >= 15 is 0 Å². The van der Waals surface area contributed by atoms with Gasteiger partial charge in [-0.2, -0.15) is 0 Å². The first-order chi connectivity index (χ1) is 17.7. The molecule has 8 N–H and O–H groups in total. The number of nitrogens with one attached hydrogen (secondary N) is 3. The monoisotopic (exact) mass is 519 g/mol. The highest BCUT2D eigenvalue weighted by atomic mass is 16.4. The van der Waals surface area contributed by atoms with E-state index in [1.807, 2.05) is 0 Å². The van der Waals surface area contributed by atoms with Gasteiger partial charge in [0.2, 0.25) is 17.7 Å². The number of aliphatic carboxylic acids is 1. The molecule has 2 saturated heterocycles. The van der Waals surface area contributed by atoms with Gasteiger partial charge in [-0.1, -0.05) is 12.1 Å². The SMILES string of the molecule is NCCCC[C@H](NC(=O)[C@@H]1C[C@@H](O)CN1C(=O)[C@H](Cc1ccc(O)cc1)NC(=O)[C@@H]1CCCN1)C(=O)O. The van der Waals surface area contributed by atoms with Crippen molar-refractivity contribution < 1.29 is 34.5 Å². The van der Waals surface area contributed by atoms with Crippen LogP contribution >= 0.6 is 0 Å². The number of aromatic hydroxyl groups is 1. The normalized spacial score (nSPS) is 22.9. The Hall–Kier alpha value is -3.22. The Balaban J connectivity index is 1.76. The number of nitrogens with two attached hydrogens (primary N) is 1. The number of likely N-dealkylation sites (tertiary alicyclic amines) is 1. The second-order valence-corrected chi connectivity index (χ2v) is 9.66. The minimum Gasteiger partial charge on any atom is -0.508 e. The Morgan fingerprint density at radius 2 is 1.78 bits per heavy atom. The number of β-amino-alcohol motifs (C(OH)–C–C–N with tert-alkyl or cyclic N) is 1. The first-order valence-corrected chi connectivity index (χ1v) is 12.7. The molecular formula is C25H37N5O7. The van der Waals surface area contributed by atoms with Crippen molar-refractivity contribution in [3.8, 4) is 5.75 Å². The maximum Gasteiger partial charge on any atom is 0.326 e. The molecule has 2 heterocycles. The summed E-state index contributed by atoms with van der Waals surface area (Å²) in [6.07, 6.45) is 1.88. The van der Waals surface area contributed by atoms with E-state index in [2.05, 4.69) is 16.0 Å². The molecule has 0 aromatic heterocycles. The molecule has 0 spiro atoms. The molecule has 5 atom stereocenters. The quantitative estimate of drug-likeness (QED) is 0.167. The van der Waals surface area contributed by atoms with E-state index in [1.54, 1.807) is 12.1 Å². The summed E-state index contributed by atoms with van der Waals surface area (Å²) < 4.78 is 0. The summed E-state index contributed by atoms with van der Waals surface area (Å²) in [5, 5.41) is 37.8. The fourth-order valence-corrected chi connectivity index (χ4v) is 4.77. The molecule has 2 aliphatic heterocycles. The molecule has 1 aromatic rings. The van der Waals surface area contributed by atoms with Crippen LogP contribution in [0.3, 0.4) is 0 Å². The average Bonchev–Trinajstić information content (AvgIpc) is 3.54. The Kier molecular flexibility index (Phi) is 10.2. The second kappa shape index (κ2) is 13.4. The van der Waals surface area contributed by atoms with E-state index in [-0.39, 0.29) is 37.5 Å². The summed E-state index contributed by atoms with van der Waals surface area (Å²) in [5.41, 5.74) is 6.15. The van der Waals surface area contributed by atoms with Crippen molar-refractivity contribution in [1.29, 1.82) is 0 Å². The number of nitrogens with zero attached hydrogens (tertiary/aromatic N) is 1. The number of aliphatic hydroxyl groups is 1.